The zero-order chi connectivity index (χ0) is 22.7. The molecule has 0 aliphatic carbocycles. The molecule has 0 atom stereocenters. The van der Waals surface area contributed by atoms with Crippen LogP contribution in [0.15, 0.2) is 60.7 Å². The molecule has 0 aliphatic heterocycles. The Labute approximate surface area is 183 Å². The lowest BCUT2D eigenvalue weighted by Crippen LogP contribution is -2.13. The Morgan fingerprint density at radius 2 is 1.91 bits per heavy atom. The molecule has 164 valence electrons. The fourth-order valence-corrected chi connectivity index (χ4v) is 3.35. The number of amides is 1. The lowest BCUT2D eigenvalue weighted by molar-refractivity contribution is -0.0498. The van der Waals surface area contributed by atoms with Crippen LogP contribution >= 0.6 is 0 Å². The number of nitrogens with one attached hydrogen (secondary N) is 2. The fraction of sp³-hybridized carbons (Fsp3) is 0.174. The molecule has 0 bridgehead atoms. The summed E-state index contributed by atoms with van der Waals surface area (Å²) in [5.74, 6) is -0.290. The van der Waals surface area contributed by atoms with Crippen molar-refractivity contribution >= 4 is 11.6 Å². The number of carbonyl (C=O) groups is 1. The number of aromatic nitrogens is 4. The molecule has 1 amide bonds. The van der Waals surface area contributed by atoms with Gasteiger partial charge in [-0.2, -0.15) is 19.0 Å². The largest absolute Gasteiger partial charge is 0.435 e. The first-order valence-corrected chi connectivity index (χ1v) is 9.89. The van der Waals surface area contributed by atoms with Gasteiger partial charge in [-0.15, -0.1) is 0 Å². The van der Waals surface area contributed by atoms with Crippen LogP contribution in [0.1, 0.15) is 27.4 Å². The van der Waals surface area contributed by atoms with Crippen molar-refractivity contribution < 1.29 is 18.3 Å². The number of anilines is 1. The highest BCUT2D eigenvalue weighted by atomic mass is 19.3. The van der Waals surface area contributed by atoms with Crippen molar-refractivity contribution in [3.8, 4) is 17.0 Å². The van der Waals surface area contributed by atoms with Gasteiger partial charge >= 0.3 is 6.61 Å². The smallest absolute Gasteiger partial charge is 0.387 e. The van der Waals surface area contributed by atoms with Crippen LogP contribution in [-0.4, -0.2) is 32.5 Å². The van der Waals surface area contributed by atoms with E-state index in [9.17, 15) is 13.6 Å². The highest BCUT2D eigenvalue weighted by Crippen LogP contribution is 2.23. The summed E-state index contributed by atoms with van der Waals surface area (Å²) >= 11 is 0. The number of benzene rings is 2. The van der Waals surface area contributed by atoms with Crippen LogP contribution in [0.5, 0.6) is 5.75 Å². The fourth-order valence-electron chi connectivity index (χ4n) is 3.35. The molecule has 7 nitrogen and oxygen atoms in total. The van der Waals surface area contributed by atoms with Crippen molar-refractivity contribution in [3.05, 3.63) is 83.3 Å². The van der Waals surface area contributed by atoms with Crippen molar-refractivity contribution in [3.63, 3.8) is 0 Å². The minimum atomic E-state index is -2.88. The Balaban J connectivity index is 1.43. The number of rotatable bonds is 7. The average Bonchev–Trinajstić information content (AvgIpc) is 3.35. The topological polar surface area (TPSA) is 84.8 Å². The number of alkyl halides is 2. The van der Waals surface area contributed by atoms with E-state index >= 15 is 0 Å². The second-order valence-corrected chi connectivity index (χ2v) is 7.31. The summed E-state index contributed by atoms with van der Waals surface area (Å²) in [7, 11) is 0. The van der Waals surface area contributed by atoms with Gasteiger partial charge < -0.3 is 10.1 Å². The van der Waals surface area contributed by atoms with Gasteiger partial charge in [-0.25, -0.2) is 0 Å². The number of ether oxygens (including phenoxy) is 1. The highest BCUT2D eigenvalue weighted by Gasteiger charge is 2.13. The zero-order valence-electron chi connectivity index (χ0n) is 17.5. The van der Waals surface area contributed by atoms with Crippen molar-refractivity contribution in [2.45, 2.75) is 27.0 Å². The van der Waals surface area contributed by atoms with E-state index in [-0.39, 0.29) is 17.4 Å². The molecule has 0 fully saturated rings. The maximum Gasteiger partial charge on any atom is 0.387 e. The Kier molecular flexibility index (Phi) is 5.98. The normalized spacial score (nSPS) is 11.0. The monoisotopic (exact) mass is 437 g/mol. The number of H-pyrrole nitrogens is 1. The number of aromatic amines is 1. The van der Waals surface area contributed by atoms with Crippen LogP contribution < -0.4 is 10.1 Å². The molecule has 0 saturated carbocycles. The molecule has 0 saturated heterocycles. The van der Waals surface area contributed by atoms with Crippen LogP contribution in [-0.2, 0) is 6.54 Å². The average molecular weight is 437 g/mol. The molecular formula is C23H21F2N5O2. The Morgan fingerprint density at radius 3 is 2.59 bits per heavy atom. The van der Waals surface area contributed by atoms with Crippen LogP contribution in [0, 0.1) is 13.8 Å². The quantitative estimate of drug-likeness (QED) is 0.435. The third-order valence-corrected chi connectivity index (χ3v) is 4.82. The van der Waals surface area contributed by atoms with E-state index in [0.717, 1.165) is 17.0 Å². The van der Waals surface area contributed by atoms with E-state index in [4.69, 9.17) is 0 Å². The van der Waals surface area contributed by atoms with E-state index in [1.165, 1.54) is 12.1 Å². The molecule has 2 aromatic carbocycles. The van der Waals surface area contributed by atoms with E-state index in [1.54, 1.807) is 18.2 Å². The van der Waals surface area contributed by atoms with Gasteiger partial charge in [0.2, 0.25) is 0 Å². The van der Waals surface area contributed by atoms with Gasteiger partial charge in [-0.05, 0) is 67.9 Å². The van der Waals surface area contributed by atoms with Gasteiger partial charge in [0.05, 0.1) is 17.9 Å². The van der Waals surface area contributed by atoms with E-state index in [0.29, 0.717) is 23.5 Å². The predicted octanol–water partition coefficient (Wildman–Crippen LogP) is 4.79. The van der Waals surface area contributed by atoms with Gasteiger partial charge in [0.1, 0.15) is 11.4 Å². The number of hydrogen-bond donors (Lipinski definition) is 2. The summed E-state index contributed by atoms with van der Waals surface area (Å²) in [6, 6.07) is 17.2. The minimum Gasteiger partial charge on any atom is -0.435 e. The predicted molar refractivity (Wildman–Crippen MR) is 116 cm³/mol. The van der Waals surface area contributed by atoms with E-state index in [1.807, 2.05) is 48.9 Å². The first kappa shape index (κ1) is 21.2. The second kappa shape index (κ2) is 9.01. The summed E-state index contributed by atoms with van der Waals surface area (Å²) in [6.45, 7) is 1.67. The van der Waals surface area contributed by atoms with Gasteiger partial charge in [0, 0.05) is 16.9 Å². The third-order valence-electron chi connectivity index (χ3n) is 4.82. The van der Waals surface area contributed by atoms with Crippen LogP contribution in [0.25, 0.3) is 11.3 Å². The Hall–Kier alpha value is -4.01. The molecule has 2 heterocycles. The van der Waals surface area contributed by atoms with Crippen molar-refractivity contribution in [2.24, 2.45) is 0 Å². The SMILES string of the molecule is Cc1cc(C)n(Cc2cccc(NC(=O)c3cc(-c4ccc(OC(F)F)cc4)n[nH]3)c2)n1. The molecule has 0 aliphatic rings. The molecule has 32 heavy (non-hydrogen) atoms. The summed E-state index contributed by atoms with van der Waals surface area (Å²) in [6.07, 6.45) is 0. The number of hydrogen-bond acceptors (Lipinski definition) is 4. The number of aryl methyl sites for hydroxylation is 2. The molecular weight excluding hydrogens is 416 g/mol. The van der Waals surface area contributed by atoms with Crippen LogP contribution in [0.4, 0.5) is 14.5 Å². The van der Waals surface area contributed by atoms with Crippen LogP contribution in [0.3, 0.4) is 0 Å². The summed E-state index contributed by atoms with van der Waals surface area (Å²) in [5.41, 5.74) is 5.13. The first-order chi connectivity index (χ1) is 15.4. The molecule has 2 aromatic heterocycles. The van der Waals surface area contributed by atoms with Gasteiger partial charge in [-0.1, -0.05) is 12.1 Å². The van der Waals surface area contributed by atoms with Gasteiger partial charge in [-0.3, -0.25) is 14.6 Å². The lowest BCUT2D eigenvalue weighted by Gasteiger charge is -2.08. The number of nitrogens with zero attached hydrogens (tertiary/aromatic N) is 3. The summed E-state index contributed by atoms with van der Waals surface area (Å²) in [5, 5.41) is 14.2. The third kappa shape index (κ3) is 5.00. The second-order valence-electron chi connectivity index (χ2n) is 7.31. The van der Waals surface area contributed by atoms with Gasteiger partial charge in [0.15, 0.2) is 0 Å². The highest BCUT2D eigenvalue weighted by molar-refractivity contribution is 6.03. The maximum atomic E-state index is 12.7. The minimum absolute atomic E-state index is 0.0533. The molecule has 4 rings (SSSR count). The lowest BCUT2D eigenvalue weighted by atomic mass is 10.1. The van der Waals surface area contributed by atoms with Crippen LogP contribution in [0.2, 0.25) is 0 Å². The zero-order valence-corrected chi connectivity index (χ0v) is 17.5. The van der Waals surface area contributed by atoms with Gasteiger partial charge in [0.25, 0.3) is 5.91 Å². The Bertz CT molecular complexity index is 1230. The standard InChI is InChI=1S/C23H21F2N5O2/c1-14-10-15(2)30(29-14)13-16-4-3-5-18(11-16)26-22(31)21-12-20(27-28-21)17-6-8-19(9-7-17)32-23(24)25/h3-12,23H,13H2,1-2H3,(H,26,31)(H,27,28). The first-order valence-electron chi connectivity index (χ1n) is 9.89. The summed E-state index contributed by atoms with van der Waals surface area (Å²) < 4.78 is 30.8. The maximum absolute atomic E-state index is 12.7. The molecule has 9 heteroatoms. The Morgan fingerprint density at radius 1 is 1.12 bits per heavy atom. The van der Waals surface area contributed by atoms with E-state index < -0.39 is 6.61 Å². The molecule has 4 aromatic rings. The number of carbonyl (C=O) groups excluding carboxylic acids is 1. The molecule has 0 spiro atoms. The number of halogens is 2. The van der Waals surface area contributed by atoms with Crippen molar-refractivity contribution in [1.29, 1.82) is 0 Å². The van der Waals surface area contributed by atoms with Crippen molar-refractivity contribution in [2.75, 3.05) is 5.32 Å². The molecule has 0 unspecified atom stereocenters. The summed E-state index contributed by atoms with van der Waals surface area (Å²) in [4.78, 5) is 12.7. The molecule has 0 radical (unpaired) electrons. The van der Waals surface area contributed by atoms with Crippen molar-refractivity contribution in [1.82, 2.24) is 20.0 Å². The van der Waals surface area contributed by atoms with E-state index in [2.05, 4.69) is 25.3 Å². The molecule has 2 N–H and O–H groups in total.